The van der Waals surface area contributed by atoms with Crippen molar-refractivity contribution in [2.45, 2.75) is 12.8 Å². The quantitative estimate of drug-likeness (QED) is 0.422. The predicted molar refractivity (Wildman–Crippen MR) is 26.5 cm³/mol. The fraction of sp³-hybridized carbons (Fsp3) is 0.500. The molecule has 0 aliphatic carbocycles. The zero-order valence-corrected chi connectivity index (χ0v) is 11.3. The first-order valence-electron chi connectivity index (χ1n) is 2.02. The van der Waals surface area contributed by atoms with Crippen LogP contribution in [0.15, 0.2) is 0 Å². The summed E-state index contributed by atoms with van der Waals surface area (Å²) >= 11 is 0. The van der Waals surface area contributed by atoms with Crippen molar-refractivity contribution < 1.29 is 78.9 Å². The van der Waals surface area contributed by atoms with Gasteiger partial charge in [-0.25, -0.2) is 0 Å². The second-order valence-corrected chi connectivity index (χ2v) is 1.24. The van der Waals surface area contributed by atoms with Gasteiger partial charge in [0.05, 0.1) is 0 Å². The van der Waals surface area contributed by atoms with Crippen molar-refractivity contribution in [2.24, 2.45) is 0 Å². The van der Waals surface area contributed by atoms with Gasteiger partial charge in [0.25, 0.3) is 0 Å². The third-order valence-corrected chi connectivity index (χ3v) is 0.533. The van der Waals surface area contributed by atoms with Crippen LogP contribution >= 0.6 is 12.4 Å². The molecular weight excluding hydrogens is 193 g/mol. The molecule has 0 saturated heterocycles. The Morgan fingerprint density at radius 1 is 0.909 bits per heavy atom. The Kier molecular flexibility index (Phi) is 28.6. The van der Waals surface area contributed by atoms with Crippen molar-refractivity contribution in [2.75, 3.05) is 0 Å². The van der Waals surface area contributed by atoms with E-state index in [0.717, 1.165) is 0 Å². The van der Waals surface area contributed by atoms with Crippen LogP contribution in [0.4, 0.5) is 0 Å². The number of carbonyl (C=O) groups excluding carboxylic acids is 2. The second kappa shape index (κ2) is 13.8. The smallest absolute Gasteiger partial charge is 0.550 e. The molecule has 11 heavy (non-hydrogen) atoms. The van der Waals surface area contributed by atoms with E-state index >= 15 is 0 Å². The van der Waals surface area contributed by atoms with E-state index in [9.17, 15) is 19.8 Å². The Balaban J connectivity index is -0.0000000817. The average molecular weight is 199 g/mol. The Morgan fingerprint density at radius 2 is 1.09 bits per heavy atom. The zero-order chi connectivity index (χ0) is 6.57. The number of rotatable bonds is 3. The molecule has 0 bridgehead atoms. The van der Waals surface area contributed by atoms with E-state index in [1.807, 2.05) is 0 Å². The summed E-state index contributed by atoms with van der Waals surface area (Å²) in [6.45, 7) is 0. The molecule has 0 atom stereocenters. The summed E-state index contributed by atoms with van der Waals surface area (Å²) in [5, 5.41) is 19.0. The molecule has 0 aromatic rings. The molecule has 0 aliphatic heterocycles. The van der Waals surface area contributed by atoms with Crippen LogP contribution in [0.1, 0.15) is 12.8 Å². The summed E-state index contributed by atoms with van der Waals surface area (Å²) in [6.07, 6.45) is -0.940. The molecule has 0 rings (SSSR count). The third-order valence-electron chi connectivity index (χ3n) is 0.533. The third kappa shape index (κ3) is 24.6. The fourth-order valence-electron chi connectivity index (χ4n) is 0.204. The van der Waals surface area contributed by atoms with Gasteiger partial charge in [-0.1, -0.05) is 0 Å². The second-order valence-electron chi connectivity index (χ2n) is 1.24. The van der Waals surface area contributed by atoms with Crippen LogP contribution in [0.5, 0.6) is 0 Å². The fourth-order valence-corrected chi connectivity index (χ4v) is 0.204. The van der Waals surface area contributed by atoms with Crippen LogP contribution in [-0.2, 0) is 9.59 Å². The molecular formula is C4H5ClNa2O4. The van der Waals surface area contributed by atoms with Gasteiger partial charge in [0.1, 0.15) is 0 Å². The number of carboxylic acids is 2. The molecule has 0 unspecified atom stereocenters. The molecule has 0 saturated carbocycles. The van der Waals surface area contributed by atoms with Crippen molar-refractivity contribution in [1.29, 1.82) is 0 Å². The number of halogens is 1. The first kappa shape index (κ1) is 22.8. The first-order valence-corrected chi connectivity index (χ1v) is 2.02. The standard InChI is InChI=1S/C4H6O4.ClH.2Na/c5-3(6)1-2-4(7)8;;;/h1-2H2,(H,5,6)(H,7,8);1H;;/q;;2*+1/p-2. The summed E-state index contributed by atoms with van der Waals surface area (Å²) in [5.41, 5.74) is 0. The van der Waals surface area contributed by atoms with Crippen LogP contribution in [0, 0.1) is 0 Å². The molecule has 0 radical (unpaired) electrons. The summed E-state index contributed by atoms with van der Waals surface area (Å²) in [6, 6.07) is 0. The van der Waals surface area contributed by atoms with Gasteiger partial charge in [0, 0.05) is 11.9 Å². The number of carbonyl (C=O) groups is 2. The van der Waals surface area contributed by atoms with Crippen molar-refractivity contribution in [3.8, 4) is 0 Å². The molecule has 0 N–H and O–H groups in total. The van der Waals surface area contributed by atoms with E-state index in [1.165, 1.54) is 0 Å². The van der Waals surface area contributed by atoms with Gasteiger partial charge in [-0.2, -0.15) is 0 Å². The van der Waals surface area contributed by atoms with Gasteiger partial charge in [0.15, 0.2) is 0 Å². The average Bonchev–Trinajstić information content (AvgIpc) is 1.61. The topological polar surface area (TPSA) is 80.3 Å². The van der Waals surface area contributed by atoms with Crippen molar-refractivity contribution in [3.63, 3.8) is 0 Å². The SMILES string of the molecule is Cl.O=C([O-])CCC(=O)[O-].[Na+].[Na+]. The molecule has 54 valence electrons. The molecule has 0 aromatic carbocycles. The number of carboxylic acid groups (broad SMARTS) is 2. The maximum Gasteiger partial charge on any atom is 1.00 e. The largest absolute Gasteiger partial charge is 1.00 e. The predicted octanol–water partition coefficient (Wildman–Crippen LogP) is -8.30. The Labute approximate surface area is 115 Å². The summed E-state index contributed by atoms with van der Waals surface area (Å²) < 4.78 is 0. The Morgan fingerprint density at radius 3 is 1.18 bits per heavy atom. The van der Waals surface area contributed by atoms with Crippen molar-refractivity contribution in [3.05, 3.63) is 0 Å². The van der Waals surface area contributed by atoms with Crippen LogP contribution in [-0.4, -0.2) is 11.9 Å². The van der Waals surface area contributed by atoms with Crippen LogP contribution in [0.2, 0.25) is 0 Å². The normalized spacial score (nSPS) is 6.18. The van der Waals surface area contributed by atoms with E-state index < -0.39 is 24.8 Å². The van der Waals surface area contributed by atoms with Crippen LogP contribution in [0.25, 0.3) is 0 Å². The van der Waals surface area contributed by atoms with Crippen molar-refractivity contribution in [1.82, 2.24) is 0 Å². The number of hydrogen-bond donors (Lipinski definition) is 0. The molecule has 4 nitrogen and oxygen atoms in total. The Hall–Kier alpha value is 1.23. The molecule has 0 aromatic heterocycles. The molecule has 0 heterocycles. The Bertz CT molecular complexity index is 105. The summed E-state index contributed by atoms with van der Waals surface area (Å²) in [7, 11) is 0. The maximum atomic E-state index is 9.50. The molecule has 7 heteroatoms. The van der Waals surface area contributed by atoms with Gasteiger partial charge < -0.3 is 19.8 Å². The minimum atomic E-state index is -1.37. The van der Waals surface area contributed by atoms with E-state index in [2.05, 4.69) is 0 Å². The van der Waals surface area contributed by atoms with E-state index in [4.69, 9.17) is 0 Å². The van der Waals surface area contributed by atoms with Crippen LogP contribution < -0.4 is 69.3 Å². The number of aliphatic carboxylic acids is 2. The van der Waals surface area contributed by atoms with E-state index in [0.29, 0.717) is 0 Å². The monoisotopic (exact) mass is 198 g/mol. The van der Waals surface area contributed by atoms with Gasteiger partial charge in [-0.3, -0.25) is 0 Å². The molecule has 0 spiro atoms. The first-order chi connectivity index (χ1) is 3.63. The van der Waals surface area contributed by atoms with Crippen LogP contribution in [0.3, 0.4) is 0 Å². The molecule has 0 fully saturated rings. The maximum absolute atomic E-state index is 9.50. The summed E-state index contributed by atoms with van der Waals surface area (Å²) in [4.78, 5) is 19.0. The number of hydrogen-bond acceptors (Lipinski definition) is 4. The van der Waals surface area contributed by atoms with Crippen molar-refractivity contribution >= 4 is 24.3 Å². The van der Waals surface area contributed by atoms with E-state index in [-0.39, 0.29) is 71.5 Å². The minimum Gasteiger partial charge on any atom is -0.550 e. The minimum absolute atomic E-state index is 0. The van der Waals surface area contributed by atoms with E-state index in [1.54, 1.807) is 0 Å². The summed E-state index contributed by atoms with van der Waals surface area (Å²) in [5.74, 6) is -2.73. The zero-order valence-electron chi connectivity index (χ0n) is 6.46. The molecule has 0 aliphatic rings. The molecule has 0 amide bonds. The van der Waals surface area contributed by atoms with Gasteiger partial charge in [-0.05, 0) is 12.8 Å². The van der Waals surface area contributed by atoms with Gasteiger partial charge >= 0.3 is 59.1 Å². The van der Waals surface area contributed by atoms with Gasteiger partial charge in [-0.15, -0.1) is 12.4 Å². The van der Waals surface area contributed by atoms with Gasteiger partial charge in [0.2, 0.25) is 0 Å².